The Morgan fingerprint density at radius 3 is 3.00 bits per heavy atom. The molecule has 0 aliphatic rings. The second kappa shape index (κ2) is 6.81. The molecule has 92 valence electrons. The predicted octanol–water partition coefficient (Wildman–Crippen LogP) is 1.32. The summed E-state index contributed by atoms with van der Waals surface area (Å²) in [5.41, 5.74) is 0.893. The van der Waals surface area contributed by atoms with Gasteiger partial charge in [-0.3, -0.25) is 9.78 Å². The molecule has 0 spiro atoms. The van der Waals surface area contributed by atoms with E-state index in [-0.39, 0.29) is 12.0 Å². The number of amides is 1. The molecule has 1 rings (SSSR count). The normalized spacial score (nSPS) is 12.6. The van der Waals surface area contributed by atoms with Crippen molar-refractivity contribution in [1.29, 1.82) is 0 Å². The van der Waals surface area contributed by atoms with E-state index >= 15 is 0 Å². The number of hydrogen-bond acceptors (Lipinski definition) is 3. The van der Waals surface area contributed by atoms with Crippen molar-refractivity contribution in [2.45, 2.75) is 19.4 Å². The summed E-state index contributed by atoms with van der Waals surface area (Å²) in [6.07, 6.45) is 6.83. The van der Waals surface area contributed by atoms with E-state index in [4.69, 9.17) is 5.11 Å². The quantitative estimate of drug-likeness (QED) is 0.782. The third kappa shape index (κ3) is 5.26. The fourth-order valence-corrected chi connectivity index (χ4v) is 1.26. The SMILES string of the molecule is CC(O)CCN(C)C(=O)/C=C/c1cccnc1. The largest absolute Gasteiger partial charge is 0.393 e. The van der Waals surface area contributed by atoms with Gasteiger partial charge in [-0.25, -0.2) is 0 Å². The zero-order valence-electron chi connectivity index (χ0n) is 10.2. The second-order valence-corrected chi connectivity index (χ2v) is 4.02. The molecule has 0 aliphatic heterocycles. The maximum atomic E-state index is 11.7. The van der Waals surface area contributed by atoms with Crippen LogP contribution in [0.5, 0.6) is 0 Å². The van der Waals surface area contributed by atoms with Gasteiger partial charge < -0.3 is 10.0 Å². The Bertz CT molecular complexity index is 374. The Morgan fingerprint density at radius 1 is 1.65 bits per heavy atom. The third-order valence-electron chi connectivity index (χ3n) is 2.36. The number of carbonyl (C=O) groups excluding carboxylic acids is 1. The van der Waals surface area contributed by atoms with Gasteiger partial charge in [0.25, 0.3) is 0 Å². The predicted molar refractivity (Wildman–Crippen MR) is 67.2 cm³/mol. The summed E-state index contributed by atoms with van der Waals surface area (Å²) in [7, 11) is 1.72. The minimum atomic E-state index is -0.382. The highest BCUT2D eigenvalue weighted by molar-refractivity contribution is 5.91. The van der Waals surface area contributed by atoms with E-state index in [9.17, 15) is 4.79 Å². The lowest BCUT2D eigenvalue weighted by Crippen LogP contribution is -2.27. The number of hydrogen-bond donors (Lipinski definition) is 1. The molecule has 0 radical (unpaired) electrons. The van der Waals surface area contributed by atoms with E-state index in [2.05, 4.69) is 4.98 Å². The average Bonchev–Trinajstić information content (AvgIpc) is 2.34. The molecule has 0 bridgehead atoms. The van der Waals surface area contributed by atoms with E-state index in [0.717, 1.165) is 5.56 Å². The smallest absolute Gasteiger partial charge is 0.246 e. The molecular weight excluding hydrogens is 216 g/mol. The second-order valence-electron chi connectivity index (χ2n) is 4.02. The van der Waals surface area contributed by atoms with Crippen LogP contribution in [-0.2, 0) is 4.79 Å². The van der Waals surface area contributed by atoms with E-state index in [1.165, 1.54) is 6.08 Å². The van der Waals surface area contributed by atoms with Gasteiger partial charge >= 0.3 is 0 Å². The van der Waals surface area contributed by atoms with Crippen LogP contribution in [0.2, 0.25) is 0 Å². The Kier molecular flexibility index (Phi) is 5.36. The van der Waals surface area contributed by atoms with Crippen molar-refractivity contribution < 1.29 is 9.90 Å². The summed E-state index contributed by atoms with van der Waals surface area (Å²) < 4.78 is 0. The minimum absolute atomic E-state index is 0.0745. The lowest BCUT2D eigenvalue weighted by atomic mass is 10.2. The minimum Gasteiger partial charge on any atom is -0.393 e. The molecule has 0 fully saturated rings. The summed E-state index contributed by atoms with van der Waals surface area (Å²) in [6, 6.07) is 3.70. The van der Waals surface area contributed by atoms with E-state index in [1.54, 1.807) is 37.3 Å². The average molecular weight is 234 g/mol. The van der Waals surface area contributed by atoms with Crippen LogP contribution in [0.25, 0.3) is 6.08 Å². The summed E-state index contributed by atoms with van der Waals surface area (Å²) >= 11 is 0. The molecule has 1 N–H and O–H groups in total. The standard InChI is InChI=1S/C13H18N2O2/c1-11(16)7-9-15(2)13(17)6-5-12-4-3-8-14-10-12/h3-6,8,10-11,16H,7,9H2,1-2H3/b6-5+. The lowest BCUT2D eigenvalue weighted by Gasteiger charge is -2.15. The maximum absolute atomic E-state index is 11.7. The maximum Gasteiger partial charge on any atom is 0.246 e. The van der Waals surface area contributed by atoms with Gasteiger partial charge in [0.05, 0.1) is 6.10 Å². The van der Waals surface area contributed by atoms with Gasteiger partial charge in [-0.15, -0.1) is 0 Å². The van der Waals surface area contributed by atoms with Crippen LogP contribution in [0.3, 0.4) is 0 Å². The molecule has 0 saturated carbocycles. The number of likely N-dealkylation sites (N-methyl/N-ethyl adjacent to an activating group) is 1. The Hall–Kier alpha value is -1.68. The molecule has 1 amide bonds. The van der Waals surface area contributed by atoms with Crippen molar-refractivity contribution in [2.24, 2.45) is 0 Å². The molecule has 1 unspecified atom stereocenters. The Morgan fingerprint density at radius 2 is 2.41 bits per heavy atom. The highest BCUT2D eigenvalue weighted by Gasteiger charge is 2.05. The molecule has 17 heavy (non-hydrogen) atoms. The molecule has 0 aliphatic carbocycles. The molecule has 1 heterocycles. The first-order valence-corrected chi connectivity index (χ1v) is 5.61. The molecular formula is C13H18N2O2. The molecule has 4 heteroatoms. The number of aromatic nitrogens is 1. The van der Waals surface area contributed by atoms with Crippen LogP contribution in [0, 0.1) is 0 Å². The first kappa shape index (κ1) is 13.4. The molecule has 1 atom stereocenters. The third-order valence-corrected chi connectivity index (χ3v) is 2.36. The van der Waals surface area contributed by atoms with Crippen molar-refractivity contribution in [3.8, 4) is 0 Å². The van der Waals surface area contributed by atoms with E-state index in [0.29, 0.717) is 13.0 Å². The van der Waals surface area contributed by atoms with Gasteiger partial charge in [0.2, 0.25) is 5.91 Å². The molecule has 1 aromatic heterocycles. The monoisotopic (exact) mass is 234 g/mol. The number of carbonyl (C=O) groups is 1. The topological polar surface area (TPSA) is 53.4 Å². The van der Waals surface area contributed by atoms with Crippen LogP contribution in [0.4, 0.5) is 0 Å². The Labute approximate surface area is 102 Å². The number of aliphatic hydroxyl groups is 1. The van der Waals surface area contributed by atoms with Crippen LogP contribution in [0.1, 0.15) is 18.9 Å². The molecule has 0 aromatic carbocycles. The van der Waals surface area contributed by atoms with Crippen LogP contribution >= 0.6 is 0 Å². The van der Waals surface area contributed by atoms with Gasteiger partial charge in [-0.1, -0.05) is 6.07 Å². The van der Waals surface area contributed by atoms with E-state index < -0.39 is 0 Å². The van der Waals surface area contributed by atoms with Crippen molar-refractivity contribution in [2.75, 3.05) is 13.6 Å². The summed E-state index contributed by atoms with van der Waals surface area (Å²) in [5, 5.41) is 9.13. The first-order chi connectivity index (χ1) is 8.09. The van der Waals surface area contributed by atoms with Crippen molar-refractivity contribution >= 4 is 12.0 Å². The summed E-state index contributed by atoms with van der Waals surface area (Å²) in [5.74, 6) is -0.0745. The zero-order chi connectivity index (χ0) is 12.7. The van der Waals surface area contributed by atoms with Crippen molar-refractivity contribution in [3.05, 3.63) is 36.2 Å². The van der Waals surface area contributed by atoms with E-state index in [1.807, 2.05) is 12.1 Å². The van der Waals surface area contributed by atoms with Gasteiger partial charge in [0, 0.05) is 32.1 Å². The summed E-state index contributed by atoms with van der Waals surface area (Å²) in [6.45, 7) is 2.26. The van der Waals surface area contributed by atoms with Crippen LogP contribution in [-0.4, -0.2) is 40.6 Å². The fourth-order valence-electron chi connectivity index (χ4n) is 1.26. The lowest BCUT2D eigenvalue weighted by molar-refractivity contribution is -0.124. The van der Waals surface area contributed by atoms with Crippen molar-refractivity contribution in [3.63, 3.8) is 0 Å². The van der Waals surface area contributed by atoms with Crippen LogP contribution < -0.4 is 0 Å². The first-order valence-electron chi connectivity index (χ1n) is 5.61. The Balaban J connectivity index is 2.46. The zero-order valence-corrected chi connectivity index (χ0v) is 10.2. The number of pyridine rings is 1. The molecule has 1 aromatic rings. The molecule has 0 saturated heterocycles. The van der Waals surface area contributed by atoms with Gasteiger partial charge in [0.1, 0.15) is 0 Å². The number of aliphatic hydroxyl groups excluding tert-OH is 1. The van der Waals surface area contributed by atoms with Crippen LogP contribution in [0.15, 0.2) is 30.6 Å². The summed E-state index contributed by atoms with van der Waals surface area (Å²) in [4.78, 5) is 17.2. The van der Waals surface area contributed by atoms with Gasteiger partial charge in [-0.05, 0) is 31.1 Å². The highest BCUT2D eigenvalue weighted by atomic mass is 16.3. The fraction of sp³-hybridized carbons (Fsp3) is 0.385. The number of rotatable bonds is 5. The van der Waals surface area contributed by atoms with Gasteiger partial charge in [-0.2, -0.15) is 0 Å². The molecule has 4 nitrogen and oxygen atoms in total. The highest BCUT2D eigenvalue weighted by Crippen LogP contribution is 2.00. The van der Waals surface area contributed by atoms with Crippen molar-refractivity contribution in [1.82, 2.24) is 9.88 Å². The number of nitrogens with zero attached hydrogens (tertiary/aromatic N) is 2. The van der Waals surface area contributed by atoms with Gasteiger partial charge in [0.15, 0.2) is 0 Å².